The summed E-state index contributed by atoms with van der Waals surface area (Å²) >= 11 is 0. The molecule has 0 spiro atoms. The van der Waals surface area contributed by atoms with Crippen molar-refractivity contribution in [2.75, 3.05) is 6.54 Å². The van der Waals surface area contributed by atoms with E-state index in [0.717, 1.165) is 17.4 Å². The van der Waals surface area contributed by atoms with E-state index in [1.54, 1.807) is 0 Å². The maximum Gasteiger partial charge on any atom is 0.107 e. The van der Waals surface area contributed by atoms with Crippen molar-refractivity contribution < 1.29 is 9.52 Å². The molecule has 1 aromatic heterocycles. The van der Waals surface area contributed by atoms with Crippen LogP contribution in [0.5, 0.6) is 0 Å². The van der Waals surface area contributed by atoms with E-state index in [-0.39, 0.29) is 6.54 Å². The lowest BCUT2D eigenvalue weighted by molar-refractivity contribution is 0.175. The van der Waals surface area contributed by atoms with Crippen molar-refractivity contribution >= 4 is 0 Å². The molecule has 3 nitrogen and oxygen atoms in total. The van der Waals surface area contributed by atoms with E-state index in [4.69, 9.17) is 10.2 Å². The smallest absolute Gasteiger partial charge is 0.107 e. The number of nitrogens with two attached hydrogens (primary N) is 1. The standard InChI is InChI=1S/C11H17NO2/c1-7-4-10(7)11-3-2-9(14-11)5-8(13)6-12/h2-3,7-8,10,13H,4-6,12H2,1H3. The third-order valence-electron chi connectivity index (χ3n) is 2.87. The average molecular weight is 195 g/mol. The number of furan rings is 1. The minimum absolute atomic E-state index is 0.288. The second-order valence-corrected chi connectivity index (χ2v) is 4.22. The fourth-order valence-corrected chi connectivity index (χ4v) is 1.74. The lowest BCUT2D eigenvalue weighted by Crippen LogP contribution is -2.21. The van der Waals surface area contributed by atoms with Crippen molar-refractivity contribution in [1.82, 2.24) is 0 Å². The average Bonchev–Trinajstić information content (AvgIpc) is 2.73. The zero-order chi connectivity index (χ0) is 10.1. The Kier molecular flexibility index (Phi) is 2.61. The number of rotatable bonds is 4. The normalized spacial score (nSPS) is 27.6. The van der Waals surface area contributed by atoms with Gasteiger partial charge in [-0.3, -0.25) is 0 Å². The highest BCUT2D eigenvalue weighted by Crippen LogP contribution is 2.47. The molecule has 0 aromatic carbocycles. The molecule has 1 fully saturated rings. The summed E-state index contributed by atoms with van der Waals surface area (Å²) in [5.41, 5.74) is 5.33. The van der Waals surface area contributed by atoms with Crippen LogP contribution in [0.15, 0.2) is 16.5 Å². The highest BCUT2D eigenvalue weighted by molar-refractivity contribution is 5.17. The largest absolute Gasteiger partial charge is 0.466 e. The molecule has 3 atom stereocenters. The van der Waals surface area contributed by atoms with Crippen molar-refractivity contribution in [1.29, 1.82) is 0 Å². The van der Waals surface area contributed by atoms with E-state index in [2.05, 4.69) is 6.92 Å². The molecule has 0 amide bonds. The Morgan fingerprint density at radius 3 is 2.93 bits per heavy atom. The molecule has 0 radical (unpaired) electrons. The zero-order valence-corrected chi connectivity index (χ0v) is 8.44. The molecule has 0 saturated heterocycles. The number of hydrogen-bond donors (Lipinski definition) is 2. The first-order valence-corrected chi connectivity index (χ1v) is 5.17. The Balaban J connectivity index is 1.96. The number of hydrogen-bond acceptors (Lipinski definition) is 3. The molecule has 3 heteroatoms. The Labute approximate surface area is 83.9 Å². The molecule has 1 aromatic rings. The van der Waals surface area contributed by atoms with E-state index in [0.29, 0.717) is 12.3 Å². The lowest BCUT2D eigenvalue weighted by Gasteiger charge is -2.03. The summed E-state index contributed by atoms with van der Waals surface area (Å²) in [5, 5.41) is 9.34. The molecule has 1 heterocycles. The zero-order valence-electron chi connectivity index (χ0n) is 8.44. The maximum absolute atomic E-state index is 9.34. The van der Waals surface area contributed by atoms with Crippen LogP contribution in [0, 0.1) is 5.92 Å². The molecule has 3 N–H and O–H groups in total. The maximum atomic E-state index is 9.34. The minimum atomic E-state index is -0.481. The fourth-order valence-electron chi connectivity index (χ4n) is 1.74. The second-order valence-electron chi connectivity index (χ2n) is 4.22. The van der Waals surface area contributed by atoms with Crippen molar-refractivity contribution in [3.05, 3.63) is 23.7 Å². The Morgan fingerprint density at radius 1 is 1.64 bits per heavy atom. The van der Waals surface area contributed by atoms with E-state index in [1.807, 2.05) is 12.1 Å². The van der Waals surface area contributed by atoms with Gasteiger partial charge in [0, 0.05) is 18.9 Å². The first-order chi connectivity index (χ1) is 6.70. The molecule has 14 heavy (non-hydrogen) atoms. The van der Waals surface area contributed by atoms with Crippen LogP contribution < -0.4 is 5.73 Å². The molecule has 1 aliphatic rings. The molecule has 3 unspecified atom stereocenters. The molecule has 0 bridgehead atoms. The van der Waals surface area contributed by atoms with Crippen LogP contribution in [0.25, 0.3) is 0 Å². The van der Waals surface area contributed by atoms with Crippen LogP contribution in [-0.2, 0) is 6.42 Å². The van der Waals surface area contributed by atoms with Crippen molar-refractivity contribution in [2.24, 2.45) is 11.7 Å². The summed E-state index contributed by atoms with van der Waals surface area (Å²) in [6.45, 7) is 2.51. The number of aliphatic hydroxyl groups excluding tert-OH is 1. The van der Waals surface area contributed by atoms with Crippen LogP contribution in [0.2, 0.25) is 0 Å². The van der Waals surface area contributed by atoms with Crippen molar-refractivity contribution in [2.45, 2.75) is 31.8 Å². The first kappa shape index (κ1) is 9.74. The fraction of sp³-hybridized carbons (Fsp3) is 0.636. The van der Waals surface area contributed by atoms with Crippen LogP contribution >= 0.6 is 0 Å². The molecule has 0 aliphatic heterocycles. The van der Waals surface area contributed by atoms with Gasteiger partial charge < -0.3 is 15.3 Å². The predicted octanol–water partition coefficient (Wildman–Crippen LogP) is 1.27. The first-order valence-electron chi connectivity index (χ1n) is 5.17. The molecule has 1 saturated carbocycles. The van der Waals surface area contributed by atoms with Gasteiger partial charge in [-0.05, 0) is 24.5 Å². The van der Waals surface area contributed by atoms with Gasteiger partial charge in [-0.1, -0.05) is 6.92 Å². The van der Waals surface area contributed by atoms with Crippen molar-refractivity contribution in [3.63, 3.8) is 0 Å². The third kappa shape index (κ3) is 1.99. The van der Waals surface area contributed by atoms with Crippen LogP contribution in [0.1, 0.15) is 30.8 Å². The molecular formula is C11H17NO2. The summed E-state index contributed by atoms with van der Waals surface area (Å²) in [5.74, 6) is 3.28. The van der Waals surface area contributed by atoms with Crippen LogP contribution in [0.4, 0.5) is 0 Å². The third-order valence-corrected chi connectivity index (χ3v) is 2.87. The van der Waals surface area contributed by atoms with Gasteiger partial charge in [0.25, 0.3) is 0 Å². The summed E-state index contributed by atoms with van der Waals surface area (Å²) < 4.78 is 5.63. The Hall–Kier alpha value is -0.800. The van der Waals surface area contributed by atoms with Crippen LogP contribution in [0.3, 0.4) is 0 Å². The van der Waals surface area contributed by atoms with Gasteiger partial charge in [-0.25, -0.2) is 0 Å². The second kappa shape index (κ2) is 3.75. The lowest BCUT2D eigenvalue weighted by atomic mass is 10.2. The van der Waals surface area contributed by atoms with Crippen molar-refractivity contribution in [3.8, 4) is 0 Å². The monoisotopic (exact) mass is 195 g/mol. The molecule has 2 rings (SSSR count). The molecule has 1 aliphatic carbocycles. The highest BCUT2D eigenvalue weighted by Gasteiger charge is 2.36. The van der Waals surface area contributed by atoms with E-state index in [9.17, 15) is 5.11 Å². The van der Waals surface area contributed by atoms with Gasteiger partial charge in [-0.2, -0.15) is 0 Å². The molecular weight excluding hydrogens is 178 g/mol. The Morgan fingerprint density at radius 2 is 2.36 bits per heavy atom. The minimum Gasteiger partial charge on any atom is -0.466 e. The topological polar surface area (TPSA) is 59.4 Å². The predicted molar refractivity (Wildman–Crippen MR) is 54.0 cm³/mol. The SMILES string of the molecule is CC1CC1c1ccc(CC(O)CN)o1. The van der Waals surface area contributed by atoms with Crippen LogP contribution in [-0.4, -0.2) is 17.8 Å². The molecule has 78 valence electrons. The highest BCUT2D eigenvalue weighted by atomic mass is 16.3. The van der Waals surface area contributed by atoms with Gasteiger partial charge in [-0.15, -0.1) is 0 Å². The Bertz CT molecular complexity index is 308. The van der Waals surface area contributed by atoms with Gasteiger partial charge in [0.05, 0.1) is 6.10 Å². The number of aliphatic hydroxyl groups is 1. The summed E-state index contributed by atoms with van der Waals surface area (Å²) in [6.07, 6.45) is 1.27. The van der Waals surface area contributed by atoms with Gasteiger partial charge in [0.15, 0.2) is 0 Å². The van der Waals surface area contributed by atoms with E-state index < -0.39 is 6.10 Å². The van der Waals surface area contributed by atoms with Gasteiger partial charge in [0.2, 0.25) is 0 Å². The van der Waals surface area contributed by atoms with Gasteiger partial charge in [0.1, 0.15) is 11.5 Å². The van der Waals surface area contributed by atoms with Gasteiger partial charge >= 0.3 is 0 Å². The summed E-state index contributed by atoms with van der Waals surface area (Å²) in [6, 6.07) is 3.96. The quantitative estimate of drug-likeness (QED) is 0.760. The summed E-state index contributed by atoms with van der Waals surface area (Å²) in [4.78, 5) is 0. The van der Waals surface area contributed by atoms with E-state index in [1.165, 1.54) is 6.42 Å². The van der Waals surface area contributed by atoms with E-state index >= 15 is 0 Å². The summed E-state index contributed by atoms with van der Waals surface area (Å²) in [7, 11) is 0.